The Hall–Kier alpha value is -0.930. The second kappa shape index (κ2) is 5.61. The molecule has 0 aromatic heterocycles. The van der Waals surface area contributed by atoms with Crippen molar-refractivity contribution in [1.29, 1.82) is 0 Å². The van der Waals surface area contributed by atoms with E-state index in [2.05, 4.69) is 41.1 Å². The maximum Gasteiger partial charge on any atom is 0.0314 e. The van der Waals surface area contributed by atoms with Crippen molar-refractivity contribution in [2.45, 2.75) is 23.1 Å². The molecular formula is C14H14BrNS. The van der Waals surface area contributed by atoms with Crippen LogP contribution in [0.4, 0.5) is 5.69 Å². The first-order valence-electron chi connectivity index (χ1n) is 5.51. The van der Waals surface area contributed by atoms with Crippen molar-refractivity contribution in [1.82, 2.24) is 0 Å². The van der Waals surface area contributed by atoms with Crippen LogP contribution in [0.5, 0.6) is 0 Å². The Kier molecular flexibility index (Phi) is 4.13. The molecule has 0 heterocycles. The van der Waals surface area contributed by atoms with Crippen LogP contribution >= 0.6 is 27.7 Å². The number of rotatable bonds is 3. The number of halogens is 1. The summed E-state index contributed by atoms with van der Waals surface area (Å²) >= 11 is 5.32. The molecule has 17 heavy (non-hydrogen) atoms. The van der Waals surface area contributed by atoms with Crippen molar-refractivity contribution in [3.8, 4) is 0 Å². The number of nitrogen functional groups attached to an aromatic ring is 1. The highest BCUT2D eigenvalue weighted by Crippen LogP contribution is 2.31. The van der Waals surface area contributed by atoms with Gasteiger partial charge < -0.3 is 5.73 Å². The zero-order chi connectivity index (χ0) is 12.3. The molecule has 0 saturated carbocycles. The molecule has 0 unspecified atom stereocenters. The minimum atomic E-state index is 0.805. The van der Waals surface area contributed by atoms with Crippen molar-refractivity contribution in [2.75, 3.05) is 5.73 Å². The van der Waals surface area contributed by atoms with E-state index in [9.17, 15) is 0 Å². The van der Waals surface area contributed by atoms with E-state index < -0.39 is 0 Å². The Bertz CT molecular complexity index is 508. The fourth-order valence-electron chi connectivity index (χ4n) is 1.56. The summed E-state index contributed by atoms with van der Waals surface area (Å²) in [6, 6.07) is 14.4. The maximum absolute atomic E-state index is 5.67. The number of nitrogens with two attached hydrogens (primary N) is 1. The van der Waals surface area contributed by atoms with Crippen LogP contribution in [0.1, 0.15) is 12.5 Å². The lowest BCUT2D eigenvalue weighted by molar-refractivity contribution is 1.11. The average Bonchev–Trinajstić information content (AvgIpc) is 2.34. The minimum absolute atomic E-state index is 0.805. The molecule has 0 atom stereocenters. The van der Waals surface area contributed by atoms with Crippen LogP contribution in [-0.2, 0) is 6.42 Å². The molecule has 3 heteroatoms. The lowest BCUT2D eigenvalue weighted by Crippen LogP contribution is -1.84. The molecule has 0 amide bonds. The van der Waals surface area contributed by atoms with E-state index in [0.29, 0.717) is 0 Å². The fourth-order valence-corrected chi connectivity index (χ4v) is 2.97. The molecular weight excluding hydrogens is 294 g/mol. The Balaban J connectivity index is 2.21. The number of anilines is 1. The van der Waals surface area contributed by atoms with Crippen LogP contribution in [0.2, 0.25) is 0 Å². The Morgan fingerprint density at radius 3 is 2.35 bits per heavy atom. The highest BCUT2D eigenvalue weighted by molar-refractivity contribution is 9.10. The van der Waals surface area contributed by atoms with Crippen molar-refractivity contribution in [3.63, 3.8) is 0 Å². The second-order valence-corrected chi connectivity index (χ2v) is 5.78. The van der Waals surface area contributed by atoms with Crippen LogP contribution in [-0.4, -0.2) is 0 Å². The monoisotopic (exact) mass is 307 g/mol. The van der Waals surface area contributed by atoms with E-state index >= 15 is 0 Å². The summed E-state index contributed by atoms with van der Waals surface area (Å²) in [7, 11) is 0. The van der Waals surface area contributed by atoms with Crippen LogP contribution < -0.4 is 5.73 Å². The number of aryl methyl sites for hydroxylation is 1. The van der Waals surface area contributed by atoms with Gasteiger partial charge in [0.1, 0.15) is 0 Å². The van der Waals surface area contributed by atoms with Gasteiger partial charge in [0, 0.05) is 20.0 Å². The molecule has 1 nitrogen and oxygen atoms in total. The first-order chi connectivity index (χ1) is 8.19. The van der Waals surface area contributed by atoms with Gasteiger partial charge in [0.15, 0.2) is 0 Å². The molecule has 0 radical (unpaired) electrons. The summed E-state index contributed by atoms with van der Waals surface area (Å²) in [6.45, 7) is 2.16. The van der Waals surface area contributed by atoms with E-state index in [1.807, 2.05) is 24.3 Å². The zero-order valence-corrected chi connectivity index (χ0v) is 12.0. The fraction of sp³-hybridized carbons (Fsp3) is 0.143. The van der Waals surface area contributed by atoms with Gasteiger partial charge in [-0.25, -0.2) is 0 Å². The van der Waals surface area contributed by atoms with Gasteiger partial charge in [-0.3, -0.25) is 0 Å². The molecule has 2 N–H and O–H groups in total. The van der Waals surface area contributed by atoms with Gasteiger partial charge in [0.05, 0.1) is 0 Å². The third-order valence-electron chi connectivity index (χ3n) is 2.51. The highest BCUT2D eigenvalue weighted by Gasteiger charge is 2.02. The smallest absolute Gasteiger partial charge is 0.0314 e. The van der Waals surface area contributed by atoms with Gasteiger partial charge in [-0.1, -0.05) is 34.6 Å². The standard InChI is InChI=1S/C14H14BrNS/c1-2-10-9-13(7-8-14(10)15)17-12-5-3-11(16)4-6-12/h3-9H,2,16H2,1H3. The molecule has 0 saturated heterocycles. The predicted molar refractivity (Wildman–Crippen MR) is 78.5 cm³/mol. The van der Waals surface area contributed by atoms with Gasteiger partial charge >= 0.3 is 0 Å². The van der Waals surface area contributed by atoms with E-state index in [0.717, 1.165) is 12.1 Å². The summed E-state index contributed by atoms with van der Waals surface area (Å²) in [6.07, 6.45) is 1.04. The zero-order valence-electron chi connectivity index (χ0n) is 9.61. The minimum Gasteiger partial charge on any atom is -0.399 e. The van der Waals surface area contributed by atoms with Gasteiger partial charge in [-0.05, 0) is 54.4 Å². The summed E-state index contributed by atoms with van der Waals surface area (Å²) in [5, 5.41) is 0. The van der Waals surface area contributed by atoms with Crippen molar-refractivity contribution in [2.24, 2.45) is 0 Å². The molecule has 2 aromatic rings. The SMILES string of the molecule is CCc1cc(Sc2ccc(N)cc2)ccc1Br. The second-order valence-electron chi connectivity index (χ2n) is 3.78. The maximum atomic E-state index is 5.67. The van der Waals surface area contributed by atoms with Crippen LogP contribution in [0.15, 0.2) is 56.7 Å². The van der Waals surface area contributed by atoms with Gasteiger partial charge in [0.25, 0.3) is 0 Å². The van der Waals surface area contributed by atoms with Gasteiger partial charge in [-0.2, -0.15) is 0 Å². The van der Waals surface area contributed by atoms with E-state index in [-0.39, 0.29) is 0 Å². The predicted octanol–water partition coefficient (Wildman–Crippen LogP) is 4.74. The number of hydrogen-bond donors (Lipinski definition) is 1. The van der Waals surface area contributed by atoms with Crippen LogP contribution in [0.3, 0.4) is 0 Å². The Labute approximate surface area is 115 Å². The molecule has 2 rings (SSSR count). The molecule has 0 fully saturated rings. The summed E-state index contributed by atoms with van der Waals surface area (Å²) in [5.74, 6) is 0. The molecule has 0 aliphatic carbocycles. The number of hydrogen-bond acceptors (Lipinski definition) is 2. The molecule has 0 aliphatic heterocycles. The third kappa shape index (κ3) is 3.27. The summed E-state index contributed by atoms with van der Waals surface area (Å²) < 4.78 is 1.18. The topological polar surface area (TPSA) is 26.0 Å². The molecule has 0 bridgehead atoms. The lowest BCUT2D eigenvalue weighted by atomic mass is 10.2. The third-order valence-corrected chi connectivity index (χ3v) is 4.29. The van der Waals surface area contributed by atoms with E-state index in [1.165, 1.54) is 19.8 Å². The lowest BCUT2D eigenvalue weighted by Gasteiger charge is -2.06. The first-order valence-corrected chi connectivity index (χ1v) is 7.12. The van der Waals surface area contributed by atoms with Crippen LogP contribution in [0, 0.1) is 0 Å². The normalized spacial score (nSPS) is 10.5. The highest BCUT2D eigenvalue weighted by atomic mass is 79.9. The largest absolute Gasteiger partial charge is 0.399 e. The summed E-state index contributed by atoms with van der Waals surface area (Å²) in [4.78, 5) is 2.47. The van der Waals surface area contributed by atoms with Gasteiger partial charge in [0.2, 0.25) is 0 Å². The van der Waals surface area contributed by atoms with Crippen molar-refractivity contribution >= 4 is 33.4 Å². The average molecular weight is 308 g/mol. The summed E-state index contributed by atoms with van der Waals surface area (Å²) in [5.41, 5.74) is 7.81. The van der Waals surface area contributed by atoms with E-state index in [4.69, 9.17) is 5.73 Å². The molecule has 0 spiro atoms. The number of benzene rings is 2. The van der Waals surface area contributed by atoms with E-state index in [1.54, 1.807) is 11.8 Å². The molecule has 0 aliphatic rings. The van der Waals surface area contributed by atoms with Crippen molar-refractivity contribution < 1.29 is 0 Å². The first kappa shape index (κ1) is 12.5. The van der Waals surface area contributed by atoms with Gasteiger partial charge in [-0.15, -0.1) is 0 Å². The molecule has 88 valence electrons. The molecule has 2 aromatic carbocycles. The quantitative estimate of drug-likeness (QED) is 0.828. The Morgan fingerprint density at radius 2 is 1.71 bits per heavy atom. The van der Waals surface area contributed by atoms with Crippen LogP contribution in [0.25, 0.3) is 0 Å². The van der Waals surface area contributed by atoms with Crippen molar-refractivity contribution in [3.05, 3.63) is 52.5 Å². The Morgan fingerprint density at radius 1 is 1.06 bits per heavy atom.